The van der Waals surface area contributed by atoms with E-state index in [-0.39, 0.29) is 6.79 Å². The van der Waals surface area contributed by atoms with Crippen LogP contribution in [0.4, 0.5) is 0 Å². The van der Waals surface area contributed by atoms with Gasteiger partial charge in [-0.05, 0) is 51.0 Å². The fourth-order valence-electron chi connectivity index (χ4n) is 2.94. The Labute approximate surface area is 141 Å². The zero-order valence-corrected chi connectivity index (χ0v) is 15.4. The van der Waals surface area contributed by atoms with Crippen LogP contribution in [-0.2, 0) is 4.74 Å². The van der Waals surface area contributed by atoms with Gasteiger partial charge in [0.15, 0.2) is 0 Å². The molecule has 0 unspecified atom stereocenters. The van der Waals surface area contributed by atoms with Gasteiger partial charge in [0.1, 0.15) is 6.79 Å². The number of ether oxygens (including phenoxy) is 1. The van der Waals surface area contributed by atoms with Gasteiger partial charge in [0, 0.05) is 0 Å². The Kier molecular flexibility index (Phi) is 8.29. The molecule has 0 radical (unpaired) electrons. The summed E-state index contributed by atoms with van der Waals surface area (Å²) in [7, 11) is 0. The molecule has 0 bridgehead atoms. The van der Waals surface area contributed by atoms with Crippen molar-refractivity contribution in [3.8, 4) is 0 Å². The second kappa shape index (κ2) is 9.69. The first-order valence-electron chi connectivity index (χ1n) is 8.45. The van der Waals surface area contributed by atoms with Crippen LogP contribution in [0.15, 0.2) is 58.7 Å². The molecule has 2 heteroatoms. The molecule has 0 atom stereocenters. The normalized spacial score (nSPS) is 20.1. The fraction of sp³-hybridized carbons (Fsp3) is 0.524. The highest BCUT2D eigenvalue weighted by Crippen LogP contribution is 2.40. The summed E-state index contributed by atoms with van der Waals surface area (Å²) in [6.07, 6.45) is 16.5. The van der Waals surface area contributed by atoms with Crippen molar-refractivity contribution in [2.24, 2.45) is 5.41 Å². The molecule has 0 saturated heterocycles. The number of hydrogen-bond acceptors (Lipinski definition) is 2. The molecule has 0 saturated carbocycles. The molecule has 0 aromatic rings. The van der Waals surface area contributed by atoms with Gasteiger partial charge in [-0.1, -0.05) is 67.0 Å². The number of aliphatic hydroxyl groups excluding tert-OH is 1. The number of allylic oxidation sites excluding steroid dienone is 9. The summed E-state index contributed by atoms with van der Waals surface area (Å²) < 4.78 is 4.88. The maximum atomic E-state index is 8.56. The van der Waals surface area contributed by atoms with Crippen LogP contribution >= 0.6 is 0 Å². The van der Waals surface area contributed by atoms with E-state index in [4.69, 9.17) is 9.84 Å². The predicted molar refractivity (Wildman–Crippen MR) is 99.2 cm³/mol. The van der Waals surface area contributed by atoms with Crippen LogP contribution in [-0.4, -0.2) is 18.5 Å². The monoisotopic (exact) mass is 316 g/mol. The number of aliphatic hydroxyl groups is 1. The molecular formula is C21H32O2. The highest BCUT2D eigenvalue weighted by Gasteiger charge is 2.26. The molecular weight excluding hydrogens is 284 g/mol. The molecule has 23 heavy (non-hydrogen) atoms. The van der Waals surface area contributed by atoms with E-state index in [1.165, 1.54) is 36.0 Å². The average molecular weight is 316 g/mol. The largest absolute Gasteiger partial charge is 0.371 e. The van der Waals surface area contributed by atoms with Crippen LogP contribution in [0.5, 0.6) is 0 Å². The highest BCUT2D eigenvalue weighted by molar-refractivity contribution is 5.37. The van der Waals surface area contributed by atoms with Gasteiger partial charge in [0.25, 0.3) is 0 Å². The van der Waals surface area contributed by atoms with E-state index in [0.717, 1.165) is 5.57 Å². The summed E-state index contributed by atoms with van der Waals surface area (Å²) in [5.74, 6) is 0. The summed E-state index contributed by atoms with van der Waals surface area (Å²) in [5, 5.41) is 8.56. The molecule has 0 aromatic carbocycles. The number of rotatable bonds is 7. The minimum atomic E-state index is -0.233. The summed E-state index contributed by atoms with van der Waals surface area (Å²) >= 11 is 0. The van der Waals surface area contributed by atoms with Gasteiger partial charge in [-0.2, -0.15) is 0 Å². The molecule has 0 spiro atoms. The van der Waals surface area contributed by atoms with Gasteiger partial charge in [0.2, 0.25) is 0 Å². The molecule has 1 rings (SSSR count). The fourth-order valence-corrected chi connectivity index (χ4v) is 2.94. The summed E-state index contributed by atoms with van der Waals surface area (Å²) in [6.45, 7) is 11.3. The van der Waals surface area contributed by atoms with E-state index in [0.29, 0.717) is 12.0 Å². The molecule has 0 heterocycles. The molecule has 0 fully saturated rings. The molecule has 1 aliphatic carbocycles. The van der Waals surface area contributed by atoms with Gasteiger partial charge in [-0.15, -0.1) is 0 Å². The molecule has 2 nitrogen and oxygen atoms in total. The smallest absolute Gasteiger partial charge is 0.143 e. The van der Waals surface area contributed by atoms with Crippen molar-refractivity contribution in [2.75, 3.05) is 13.4 Å². The van der Waals surface area contributed by atoms with Crippen molar-refractivity contribution >= 4 is 0 Å². The first-order chi connectivity index (χ1) is 10.9. The van der Waals surface area contributed by atoms with E-state index in [1.54, 1.807) is 0 Å². The highest BCUT2D eigenvalue weighted by atomic mass is 16.6. The van der Waals surface area contributed by atoms with Crippen molar-refractivity contribution in [3.05, 3.63) is 58.7 Å². The van der Waals surface area contributed by atoms with Crippen LogP contribution in [0.3, 0.4) is 0 Å². The summed E-state index contributed by atoms with van der Waals surface area (Å²) in [5.41, 5.74) is 5.68. The standard InChI is InChI=1S/C21H32O2/c1-17(8-6-9-18(2)13-15-23-16-22)11-12-20-19(3)10-7-14-21(20,4)5/h6,8-9,11-13,22H,7,10,14-16H2,1-5H3/b9-6+,12-11+,17-8-,18-13+. The lowest BCUT2D eigenvalue weighted by atomic mass is 9.72. The summed E-state index contributed by atoms with van der Waals surface area (Å²) in [6, 6.07) is 0. The molecule has 1 aliphatic rings. The Bertz CT molecular complexity index is 528. The van der Waals surface area contributed by atoms with Crippen LogP contribution in [0, 0.1) is 5.41 Å². The minimum absolute atomic E-state index is 0.233. The van der Waals surface area contributed by atoms with E-state index in [2.05, 4.69) is 52.0 Å². The van der Waals surface area contributed by atoms with Gasteiger partial charge in [0.05, 0.1) is 6.61 Å². The van der Waals surface area contributed by atoms with E-state index in [9.17, 15) is 0 Å². The number of hydrogen-bond donors (Lipinski definition) is 1. The quantitative estimate of drug-likeness (QED) is 0.382. The Balaban J connectivity index is 2.67. The second-order valence-electron chi connectivity index (χ2n) is 6.98. The first kappa shape index (κ1) is 19.7. The lowest BCUT2D eigenvalue weighted by Gasteiger charge is -2.32. The molecule has 128 valence electrons. The topological polar surface area (TPSA) is 29.5 Å². The maximum Gasteiger partial charge on any atom is 0.143 e. The Morgan fingerprint density at radius 2 is 1.96 bits per heavy atom. The lowest BCUT2D eigenvalue weighted by molar-refractivity contribution is 0.0130. The van der Waals surface area contributed by atoms with E-state index < -0.39 is 0 Å². The van der Waals surface area contributed by atoms with Crippen LogP contribution in [0.1, 0.15) is 53.9 Å². The van der Waals surface area contributed by atoms with Crippen LogP contribution < -0.4 is 0 Å². The SMILES string of the molecule is CC1=C(/C=C/C(C)=C\C=C\C(C)=C\COCO)C(C)(C)CCC1. The predicted octanol–water partition coefficient (Wildman–Crippen LogP) is 5.48. The van der Waals surface area contributed by atoms with Crippen LogP contribution in [0.25, 0.3) is 0 Å². The van der Waals surface area contributed by atoms with Gasteiger partial charge < -0.3 is 9.84 Å². The maximum absolute atomic E-state index is 8.56. The second-order valence-corrected chi connectivity index (χ2v) is 6.98. The van der Waals surface area contributed by atoms with Gasteiger partial charge in [-0.3, -0.25) is 0 Å². The minimum Gasteiger partial charge on any atom is -0.371 e. The van der Waals surface area contributed by atoms with Crippen LogP contribution in [0.2, 0.25) is 0 Å². The Morgan fingerprint density at radius 3 is 2.61 bits per heavy atom. The van der Waals surface area contributed by atoms with Crippen molar-refractivity contribution in [1.82, 2.24) is 0 Å². The lowest BCUT2D eigenvalue weighted by Crippen LogP contribution is -2.19. The zero-order valence-electron chi connectivity index (χ0n) is 15.4. The average Bonchev–Trinajstić information content (AvgIpc) is 2.46. The third-order valence-corrected chi connectivity index (χ3v) is 4.39. The van der Waals surface area contributed by atoms with Gasteiger partial charge in [-0.25, -0.2) is 0 Å². The van der Waals surface area contributed by atoms with E-state index >= 15 is 0 Å². The van der Waals surface area contributed by atoms with Gasteiger partial charge >= 0.3 is 0 Å². The third kappa shape index (κ3) is 7.15. The van der Waals surface area contributed by atoms with Crippen molar-refractivity contribution in [3.63, 3.8) is 0 Å². The Hall–Kier alpha value is -1.38. The van der Waals surface area contributed by atoms with Crippen molar-refractivity contribution in [2.45, 2.75) is 53.9 Å². The van der Waals surface area contributed by atoms with Crippen molar-refractivity contribution in [1.29, 1.82) is 0 Å². The first-order valence-corrected chi connectivity index (χ1v) is 8.45. The summed E-state index contributed by atoms with van der Waals surface area (Å²) in [4.78, 5) is 0. The molecule has 0 amide bonds. The van der Waals surface area contributed by atoms with E-state index in [1.807, 2.05) is 19.1 Å². The zero-order chi connectivity index (χ0) is 17.3. The Morgan fingerprint density at radius 1 is 1.22 bits per heavy atom. The third-order valence-electron chi connectivity index (χ3n) is 4.39. The molecule has 0 aromatic heterocycles. The molecule has 1 N–H and O–H groups in total. The molecule has 0 aliphatic heterocycles. The van der Waals surface area contributed by atoms with Crippen molar-refractivity contribution < 1.29 is 9.84 Å².